The van der Waals surface area contributed by atoms with Crippen molar-refractivity contribution in [3.05, 3.63) is 36.4 Å². The van der Waals surface area contributed by atoms with Gasteiger partial charge in [-0.1, -0.05) is 12.2 Å². The predicted octanol–water partition coefficient (Wildman–Crippen LogP) is 1.33. The molecule has 1 aromatic rings. The quantitative estimate of drug-likeness (QED) is 0.471. The minimum atomic E-state index is -3.92. The number of ether oxygens (including phenoxy) is 2. The van der Waals surface area contributed by atoms with Crippen molar-refractivity contribution in [2.24, 2.45) is 0 Å². The Morgan fingerprint density at radius 2 is 1.85 bits per heavy atom. The summed E-state index contributed by atoms with van der Waals surface area (Å²) in [6, 6.07) is 4.56. The van der Waals surface area contributed by atoms with Gasteiger partial charge in [0.25, 0.3) is 5.91 Å². The van der Waals surface area contributed by atoms with Crippen LogP contribution in [-0.2, 0) is 24.3 Å². The number of amides is 1. The van der Waals surface area contributed by atoms with Crippen LogP contribution in [0.4, 0.5) is 0 Å². The minimum Gasteiger partial charge on any atom is -0.497 e. The Morgan fingerprint density at radius 3 is 2.33 bits per heavy atom. The fraction of sp³-hybridized carbons (Fsp3) is 0.444. The highest BCUT2D eigenvalue weighted by Gasteiger charge is 2.24. The summed E-state index contributed by atoms with van der Waals surface area (Å²) < 4.78 is 36.8. The molecule has 0 aromatic heterocycles. The lowest BCUT2D eigenvalue weighted by Crippen LogP contribution is -2.41. The Labute approximate surface area is 160 Å². The molecule has 150 valence electrons. The monoisotopic (exact) mass is 398 g/mol. The van der Waals surface area contributed by atoms with Crippen LogP contribution in [0.25, 0.3) is 0 Å². The topological polar surface area (TPSA) is 102 Å². The van der Waals surface area contributed by atoms with E-state index in [-0.39, 0.29) is 10.8 Å². The molecule has 0 aliphatic rings. The molecular formula is C18H26N2O6S. The summed E-state index contributed by atoms with van der Waals surface area (Å²) in [6.45, 7) is 9.03. The molecular weight excluding hydrogens is 372 g/mol. The van der Waals surface area contributed by atoms with Gasteiger partial charge in [-0.2, -0.15) is 4.72 Å². The van der Waals surface area contributed by atoms with Gasteiger partial charge in [0.2, 0.25) is 10.0 Å². The summed E-state index contributed by atoms with van der Waals surface area (Å²) >= 11 is 0. The predicted molar refractivity (Wildman–Crippen MR) is 101 cm³/mol. The van der Waals surface area contributed by atoms with Crippen LogP contribution in [0, 0.1) is 0 Å². The molecule has 0 heterocycles. The molecule has 0 radical (unpaired) electrons. The smallest absolute Gasteiger partial charge is 0.324 e. The number of hydrogen-bond acceptors (Lipinski definition) is 6. The number of hydrogen-bond donors (Lipinski definition) is 1. The molecule has 0 aliphatic heterocycles. The average Bonchev–Trinajstić information content (AvgIpc) is 2.63. The van der Waals surface area contributed by atoms with Crippen molar-refractivity contribution in [3.8, 4) is 5.75 Å². The third-order valence-electron chi connectivity index (χ3n) is 3.59. The van der Waals surface area contributed by atoms with E-state index >= 15 is 0 Å². The van der Waals surface area contributed by atoms with Crippen molar-refractivity contribution >= 4 is 21.9 Å². The van der Waals surface area contributed by atoms with Gasteiger partial charge in [0.05, 0.1) is 12.0 Å². The first-order valence-corrected chi connectivity index (χ1v) is 9.84. The van der Waals surface area contributed by atoms with Gasteiger partial charge in [-0.3, -0.25) is 9.59 Å². The van der Waals surface area contributed by atoms with Crippen molar-refractivity contribution in [3.63, 3.8) is 0 Å². The van der Waals surface area contributed by atoms with Crippen LogP contribution in [0.5, 0.6) is 5.75 Å². The van der Waals surface area contributed by atoms with Crippen molar-refractivity contribution in [1.82, 2.24) is 9.62 Å². The zero-order valence-electron chi connectivity index (χ0n) is 16.0. The molecule has 0 saturated carbocycles. The first-order valence-electron chi connectivity index (χ1n) is 8.35. The molecule has 0 spiro atoms. The second-order valence-electron chi connectivity index (χ2n) is 5.99. The van der Waals surface area contributed by atoms with Gasteiger partial charge in [-0.25, -0.2) is 8.42 Å². The number of likely N-dealkylation sites (N-methyl/N-ethyl adjacent to an activating group) is 1. The standard InChI is InChI=1S/C18H26N2O6S/c1-6-20(11-13(2)3)17(21)12-26-18(22)14(4)19-27(23,24)16-9-7-15(25-5)8-10-16/h7-10,14,19H,2,6,11-12H2,1,3-5H3. The highest BCUT2D eigenvalue weighted by atomic mass is 32.2. The molecule has 8 nitrogen and oxygen atoms in total. The maximum absolute atomic E-state index is 12.3. The van der Waals surface area contributed by atoms with Crippen LogP contribution in [0.1, 0.15) is 20.8 Å². The number of carbonyl (C=O) groups is 2. The van der Waals surface area contributed by atoms with Gasteiger partial charge in [-0.15, -0.1) is 0 Å². The molecule has 1 unspecified atom stereocenters. The number of nitrogens with one attached hydrogen (secondary N) is 1. The summed E-state index contributed by atoms with van der Waals surface area (Å²) in [5, 5.41) is 0. The lowest BCUT2D eigenvalue weighted by molar-refractivity contribution is -0.152. The number of methoxy groups -OCH3 is 1. The molecule has 9 heteroatoms. The number of nitrogens with zero attached hydrogens (tertiary/aromatic N) is 1. The Hall–Kier alpha value is -2.39. The van der Waals surface area contributed by atoms with Crippen molar-refractivity contribution in [2.45, 2.75) is 31.7 Å². The van der Waals surface area contributed by atoms with Crippen molar-refractivity contribution in [1.29, 1.82) is 0 Å². The molecule has 1 amide bonds. The lowest BCUT2D eigenvalue weighted by atomic mass is 10.3. The maximum atomic E-state index is 12.3. The van der Waals surface area contributed by atoms with Crippen molar-refractivity contribution in [2.75, 3.05) is 26.8 Å². The normalized spacial score (nSPS) is 12.1. The van der Waals surface area contributed by atoms with Crippen molar-refractivity contribution < 1.29 is 27.5 Å². The Kier molecular flexibility index (Phi) is 8.45. The van der Waals surface area contributed by atoms with Crippen LogP contribution < -0.4 is 9.46 Å². The Morgan fingerprint density at radius 1 is 1.26 bits per heavy atom. The molecule has 1 aromatic carbocycles. The Bertz CT molecular complexity index is 774. The molecule has 1 atom stereocenters. The third-order valence-corrected chi connectivity index (χ3v) is 5.14. The van der Waals surface area contributed by atoms with Gasteiger partial charge in [0.1, 0.15) is 11.8 Å². The zero-order valence-corrected chi connectivity index (χ0v) is 16.8. The first-order chi connectivity index (χ1) is 12.6. The molecule has 0 saturated heterocycles. The molecule has 0 aliphatic carbocycles. The van der Waals surface area contributed by atoms with E-state index in [2.05, 4.69) is 11.3 Å². The van der Waals surface area contributed by atoms with Gasteiger partial charge < -0.3 is 14.4 Å². The van der Waals surface area contributed by atoms with E-state index in [0.29, 0.717) is 18.8 Å². The highest BCUT2D eigenvalue weighted by Crippen LogP contribution is 2.15. The number of sulfonamides is 1. The zero-order chi connectivity index (χ0) is 20.6. The van der Waals surface area contributed by atoms with E-state index in [1.807, 2.05) is 0 Å². The second-order valence-corrected chi connectivity index (χ2v) is 7.71. The van der Waals surface area contributed by atoms with Crippen LogP contribution in [0.2, 0.25) is 0 Å². The van der Waals surface area contributed by atoms with E-state index in [4.69, 9.17) is 9.47 Å². The van der Waals surface area contributed by atoms with Crippen LogP contribution in [0.3, 0.4) is 0 Å². The van der Waals surface area contributed by atoms with Gasteiger partial charge in [0.15, 0.2) is 6.61 Å². The minimum absolute atomic E-state index is 0.0161. The average molecular weight is 398 g/mol. The van der Waals surface area contributed by atoms with Crippen LogP contribution >= 0.6 is 0 Å². The fourth-order valence-corrected chi connectivity index (χ4v) is 3.35. The summed E-state index contributed by atoms with van der Waals surface area (Å²) in [5.41, 5.74) is 0.803. The molecule has 0 fully saturated rings. The van der Waals surface area contributed by atoms with E-state index in [1.54, 1.807) is 13.8 Å². The third kappa shape index (κ3) is 7.03. The molecule has 0 bridgehead atoms. The van der Waals surface area contributed by atoms with Gasteiger partial charge >= 0.3 is 5.97 Å². The SMILES string of the molecule is C=C(C)CN(CC)C(=O)COC(=O)C(C)NS(=O)(=O)c1ccc(OC)cc1. The van der Waals surface area contributed by atoms with Gasteiger partial charge in [-0.05, 0) is 45.0 Å². The fourth-order valence-electron chi connectivity index (χ4n) is 2.16. The maximum Gasteiger partial charge on any atom is 0.324 e. The largest absolute Gasteiger partial charge is 0.497 e. The molecule has 1 N–H and O–H groups in total. The summed E-state index contributed by atoms with van der Waals surface area (Å²) in [4.78, 5) is 25.6. The summed E-state index contributed by atoms with van der Waals surface area (Å²) in [5.74, 6) is -0.707. The van der Waals surface area contributed by atoms with Crippen LogP contribution in [0.15, 0.2) is 41.3 Å². The number of esters is 1. The van der Waals surface area contributed by atoms with Gasteiger partial charge in [0, 0.05) is 13.1 Å². The molecule has 1 rings (SSSR count). The van der Waals surface area contributed by atoms with E-state index in [1.165, 1.54) is 43.2 Å². The number of rotatable bonds is 10. The summed E-state index contributed by atoms with van der Waals surface area (Å²) in [7, 11) is -2.45. The molecule has 27 heavy (non-hydrogen) atoms. The number of benzene rings is 1. The lowest BCUT2D eigenvalue weighted by Gasteiger charge is -2.21. The van der Waals surface area contributed by atoms with Crippen LogP contribution in [-0.4, -0.2) is 58.0 Å². The van der Waals surface area contributed by atoms with E-state index in [9.17, 15) is 18.0 Å². The van der Waals surface area contributed by atoms with E-state index in [0.717, 1.165) is 5.57 Å². The first kappa shape index (κ1) is 22.7. The second kappa shape index (κ2) is 10.1. The van der Waals surface area contributed by atoms with E-state index < -0.39 is 28.6 Å². The summed E-state index contributed by atoms with van der Waals surface area (Å²) in [6.07, 6.45) is 0. The Balaban J connectivity index is 2.64. The number of carbonyl (C=O) groups excluding carboxylic acids is 2. The highest BCUT2D eigenvalue weighted by molar-refractivity contribution is 7.89.